The van der Waals surface area contributed by atoms with E-state index in [-0.39, 0.29) is 24.5 Å². The van der Waals surface area contributed by atoms with Gasteiger partial charge in [0.1, 0.15) is 5.69 Å². The van der Waals surface area contributed by atoms with Crippen molar-refractivity contribution in [3.8, 4) is 6.07 Å². The number of nitriles is 1. The van der Waals surface area contributed by atoms with E-state index >= 15 is 0 Å². The van der Waals surface area contributed by atoms with Crippen molar-refractivity contribution in [3.63, 3.8) is 0 Å². The lowest BCUT2D eigenvalue weighted by Crippen LogP contribution is -2.33. The van der Waals surface area contributed by atoms with Crippen LogP contribution in [0.15, 0.2) is 48.0 Å². The van der Waals surface area contributed by atoms with Crippen molar-refractivity contribution in [1.29, 1.82) is 5.26 Å². The summed E-state index contributed by atoms with van der Waals surface area (Å²) in [5, 5.41) is 9.71. The van der Waals surface area contributed by atoms with Crippen LogP contribution in [-0.4, -0.2) is 43.8 Å². The molecule has 0 atom stereocenters. The molecule has 0 aliphatic rings. The first-order valence-electron chi connectivity index (χ1n) is 10.9. The Bertz CT molecular complexity index is 1520. The van der Waals surface area contributed by atoms with Crippen LogP contribution in [0.4, 0.5) is 10.8 Å². The van der Waals surface area contributed by atoms with Crippen LogP contribution in [0.3, 0.4) is 0 Å². The third kappa shape index (κ3) is 6.06. The molecule has 4 aromatic rings. The fraction of sp³-hybridized carbons (Fsp3) is 0.250. The molecule has 4 rings (SSSR count). The third-order valence-corrected chi connectivity index (χ3v) is 8.39. The van der Waals surface area contributed by atoms with Gasteiger partial charge in [-0.2, -0.15) is 5.26 Å². The average molecular weight is 542 g/mol. The zero-order valence-corrected chi connectivity index (χ0v) is 22.0. The average Bonchev–Trinajstić information content (AvgIpc) is 3.48. The number of carbonyl (C=O) groups is 1. The molecule has 1 N–H and O–H groups in total. The number of aryl methyl sites for hydroxylation is 1. The van der Waals surface area contributed by atoms with Gasteiger partial charge in [0.05, 0.1) is 39.7 Å². The lowest BCUT2D eigenvalue weighted by molar-refractivity contribution is 0.0976. The van der Waals surface area contributed by atoms with Gasteiger partial charge in [0.25, 0.3) is 5.91 Å². The monoisotopic (exact) mass is 541 g/mol. The molecule has 186 valence electrons. The highest BCUT2D eigenvalue weighted by atomic mass is 32.2. The van der Waals surface area contributed by atoms with Gasteiger partial charge in [0, 0.05) is 24.3 Å². The summed E-state index contributed by atoms with van der Waals surface area (Å²) in [7, 11) is -2.33. The van der Waals surface area contributed by atoms with Crippen molar-refractivity contribution in [1.82, 2.24) is 14.7 Å². The zero-order valence-electron chi connectivity index (χ0n) is 19.6. The Morgan fingerprint density at radius 2 is 2.00 bits per heavy atom. The SMILES string of the molecule is COCCCS(=O)(=O)NC(=O)c1nc(N(Cc2ccc3ncsc3c2)c2ccc(C#N)cc2)sc1C. The Labute approximate surface area is 217 Å². The number of benzene rings is 2. The predicted octanol–water partition coefficient (Wildman–Crippen LogP) is 4.37. The first kappa shape index (κ1) is 25.7. The van der Waals surface area contributed by atoms with Crippen molar-refractivity contribution in [2.24, 2.45) is 0 Å². The maximum absolute atomic E-state index is 12.8. The number of rotatable bonds is 10. The molecule has 36 heavy (non-hydrogen) atoms. The van der Waals surface area contributed by atoms with Crippen LogP contribution in [0.2, 0.25) is 0 Å². The van der Waals surface area contributed by atoms with Crippen LogP contribution in [0.25, 0.3) is 10.2 Å². The lowest BCUT2D eigenvalue weighted by Gasteiger charge is -2.22. The highest BCUT2D eigenvalue weighted by Crippen LogP contribution is 2.34. The van der Waals surface area contributed by atoms with Crippen molar-refractivity contribution < 1.29 is 17.9 Å². The van der Waals surface area contributed by atoms with Crippen molar-refractivity contribution in [3.05, 3.63) is 69.7 Å². The standard InChI is InChI=1S/C24H23N5O4S3/c1-16-22(23(30)28-36(31,32)11-3-10-33-2)27-24(35-16)29(19-7-4-17(13-25)5-8-19)14-18-6-9-20-21(12-18)34-15-26-20/h4-9,12,15H,3,10-11,14H2,1-2H3,(H,28,30). The minimum Gasteiger partial charge on any atom is -0.385 e. The number of fused-ring (bicyclic) bond motifs is 1. The van der Waals surface area contributed by atoms with Crippen molar-refractivity contribution >= 4 is 59.6 Å². The van der Waals surface area contributed by atoms with E-state index in [9.17, 15) is 18.5 Å². The minimum absolute atomic E-state index is 0.0573. The van der Waals surface area contributed by atoms with Crippen LogP contribution in [0, 0.1) is 18.3 Å². The van der Waals surface area contributed by atoms with E-state index in [4.69, 9.17) is 4.74 Å². The topological polar surface area (TPSA) is 125 Å². The highest BCUT2D eigenvalue weighted by Gasteiger charge is 2.24. The molecule has 0 saturated heterocycles. The van der Waals surface area contributed by atoms with E-state index in [2.05, 4.69) is 26.8 Å². The fourth-order valence-corrected chi connectivity index (χ4v) is 6.15. The number of ether oxygens (including phenoxy) is 1. The molecule has 0 fully saturated rings. The second kappa shape index (κ2) is 11.1. The van der Waals surface area contributed by atoms with E-state index < -0.39 is 15.9 Å². The largest absolute Gasteiger partial charge is 0.385 e. The molecule has 1 amide bonds. The first-order valence-corrected chi connectivity index (χ1v) is 14.3. The molecular weight excluding hydrogens is 518 g/mol. The minimum atomic E-state index is -3.82. The number of carbonyl (C=O) groups excluding carboxylic acids is 1. The Morgan fingerprint density at radius 3 is 2.72 bits per heavy atom. The fourth-order valence-electron chi connectivity index (χ4n) is 3.51. The molecule has 9 nitrogen and oxygen atoms in total. The van der Waals surface area contributed by atoms with Gasteiger partial charge in [-0.05, 0) is 55.3 Å². The first-order chi connectivity index (χ1) is 17.3. The summed E-state index contributed by atoms with van der Waals surface area (Å²) >= 11 is 2.84. The van der Waals surface area contributed by atoms with Gasteiger partial charge in [-0.25, -0.2) is 23.1 Å². The number of amides is 1. The third-order valence-electron chi connectivity index (χ3n) is 5.29. The summed E-state index contributed by atoms with van der Waals surface area (Å²) in [4.78, 5) is 24.2. The summed E-state index contributed by atoms with van der Waals surface area (Å²) < 4.78 is 32.6. The molecule has 2 aromatic carbocycles. The molecule has 0 radical (unpaired) electrons. The molecule has 0 aliphatic carbocycles. The number of nitrogens with one attached hydrogen (secondary N) is 1. The molecule has 12 heteroatoms. The van der Waals surface area contributed by atoms with Gasteiger partial charge in [0.15, 0.2) is 5.13 Å². The van der Waals surface area contributed by atoms with Gasteiger partial charge in [-0.3, -0.25) is 4.79 Å². The normalized spacial score (nSPS) is 11.4. The van der Waals surface area contributed by atoms with E-state index in [0.29, 0.717) is 22.1 Å². The Morgan fingerprint density at radius 1 is 1.22 bits per heavy atom. The maximum atomic E-state index is 12.8. The van der Waals surface area contributed by atoms with Gasteiger partial charge >= 0.3 is 0 Å². The molecule has 2 aromatic heterocycles. The number of hydrogen-bond donors (Lipinski definition) is 1. The Hall–Kier alpha value is -3.37. The molecule has 0 aliphatic heterocycles. The number of aromatic nitrogens is 2. The van der Waals surface area contributed by atoms with Crippen LogP contribution < -0.4 is 9.62 Å². The molecule has 2 heterocycles. The maximum Gasteiger partial charge on any atom is 0.284 e. The van der Waals surface area contributed by atoms with E-state index in [1.807, 2.05) is 29.2 Å². The Kier molecular flexibility index (Phi) is 7.95. The zero-order chi connectivity index (χ0) is 25.7. The van der Waals surface area contributed by atoms with E-state index in [1.54, 1.807) is 35.9 Å². The number of hydrogen-bond acceptors (Lipinski definition) is 10. The summed E-state index contributed by atoms with van der Waals surface area (Å²) in [6, 6.07) is 15.2. The van der Waals surface area contributed by atoms with E-state index in [1.165, 1.54) is 18.4 Å². The van der Waals surface area contributed by atoms with Crippen molar-refractivity contribution in [2.75, 3.05) is 24.4 Å². The van der Waals surface area contributed by atoms with Gasteiger partial charge in [-0.15, -0.1) is 22.7 Å². The van der Waals surface area contributed by atoms with E-state index in [0.717, 1.165) is 21.5 Å². The highest BCUT2D eigenvalue weighted by molar-refractivity contribution is 7.90. The quantitative estimate of drug-likeness (QED) is 0.294. The smallest absolute Gasteiger partial charge is 0.284 e. The van der Waals surface area contributed by atoms with Gasteiger partial charge in [-0.1, -0.05) is 6.07 Å². The number of anilines is 2. The Balaban J connectivity index is 1.64. The predicted molar refractivity (Wildman–Crippen MR) is 141 cm³/mol. The lowest BCUT2D eigenvalue weighted by atomic mass is 10.1. The molecular formula is C24H23N5O4S3. The second-order valence-corrected chi connectivity index (χ2v) is 11.8. The summed E-state index contributed by atoms with van der Waals surface area (Å²) in [6.07, 6.45) is 0.275. The second-order valence-electron chi connectivity index (χ2n) is 7.90. The van der Waals surface area contributed by atoms with Crippen LogP contribution in [-0.2, 0) is 21.3 Å². The van der Waals surface area contributed by atoms with Crippen LogP contribution in [0.5, 0.6) is 0 Å². The molecule has 0 spiro atoms. The number of nitrogens with zero attached hydrogens (tertiary/aromatic N) is 4. The summed E-state index contributed by atoms with van der Waals surface area (Å²) in [5.41, 5.74) is 5.10. The van der Waals surface area contributed by atoms with Crippen LogP contribution >= 0.6 is 22.7 Å². The summed E-state index contributed by atoms with van der Waals surface area (Å²) in [5.74, 6) is -0.988. The number of thiazole rings is 2. The molecule has 0 unspecified atom stereocenters. The summed E-state index contributed by atoms with van der Waals surface area (Å²) in [6.45, 7) is 2.46. The van der Waals surface area contributed by atoms with Crippen LogP contribution in [0.1, 0.15) is 32.9 Å². The molecule has 0 bridgehead atoms. The van der Waals surface area contributed by atoms with Crippen molar-refractivity contribution in [2.45, 2.75) is 19.9 Å². The van der Waals surface area contributed by atoms with Gasteiger partial charge < -0.3 is 9.64 Å². The molecule has 0 saturated carbocycles. The number of sulfonamides is 1. The van der Waals surface area contributed by atoms with Gasteiger partial charge in [0.2, 0.25) is 10.0 Å². The number of methoxy groups -OCH3 is 1.